The normalized spacial score (nSPS) is 7.86. The van der Waals surface area contributed by atoms with Gasteiger partial charge in [0, 0.05) is 0 Å². The Balaban J connectivity index is 3.04. The molecular formula is C4HN3. The van der Waals surface area contributed by atoms with Crippen molar-refractivity contribution in [3.63, 3.8) is 0 Å². The Morgan fingerprint density at radius 3 is 3.00 bits per heavy atom. The Hall–Kier alpha value is -1.30. The molecule has 0 aromatic carbocycles. The van der Waals surface area contributed by atoms with Gasteiger partial charge in [0.1, 0.15) is 18.0 Å². The zero-order valence-corrected chi connectivity index (χ0v) is 3.39. The van der Waals surface area contributed by atoms with Gasteiger partial charge in [0.25, 0.3) is 0 Å². The lowest BCUT2D eigenvalue weighted by molar-refractivity contribution is 1.27. The van der Waals surface area contributed by atoms with Crippen molar-refractivity contribution in [1.29, 1.82) is 5.26 Å². The van der Waals surface area contributed by atoms with Crippen LogP contribution >= 0.6 is 0 Å². The van der Waals surface area contributed by atoms with Crippen LogP contribution in [0.4, 0.5) is 0 Å². The predicted octanol–water partition coefficient (Wildman–Crippen LogP) is -0.118. The summed E-state index contributed by atoms with van der Waals surface area (Å²) in [6.07, 6.45) is 4.69. The van der Waals surface area contributed by atoms with E-state index in [4.69, 9.17) is 5.26 Å². The van der Waals surface area contributed by atoms with E-state index in [9.17, 15) is 0 Å². The van der Waals surface area contributed by atoms with E-state index in [1.807, 2.05) is 0 Å². The molecule has 1 rings (SSSR count). The largest absolute Gasteiger partial charge is 0.327 e. The molecule has 0 saturated heterocycles. The highest BCUT2D eigenvalue weighted by Gasteiger charge is 1.84. The molecule has 0 atom stereocenters. The summed E-state index contributed by atoms with van der Waals surface area (Å²) in [6.45, 7) is 0. The highest BCUT2D eigenvalue weighted by molar-refractivity contribution is 5.12. The average Bonchev–Trinajstić information content (AvgIpc) is 2.14. The van der Waals surface area contributed by atoms with Crippen molar-refractivity contribution in [1.82, 2.24) is 9.97 Å². The van der Waals surface area contributed by atoms with Gasteiger partial charge in [0.15, 0.2) is 6.33 Å². The van der Waals surface area contributed by atoms with E-state index in [0.717, 1.165) is 0 Å². The van der Waals surface area contributed by atoms with E-state index in [0.29, 0.717) is 5.69 Å². The fourth-order valence-electron chi connectivity index (χ4n) is 0.249. The molecular weight excluding hydrogens is 90.1 g/mol. The molecule has 32 valence electrons. The third-order valence-corrected chi connectivity index (χ3v) is 0.516. The quantitative estimate of drug-likeness (QED) is 0.484. The van der Waals surface area contributed by atoms with Crippen molar-refractivity contribution < 1.29 is 0 Å². The van der Waals surface area contributed by atoms with Gasteiger partial charge >= 0.3 is 0 Å². The lowest BCUT2D eigenvalue weighted by atomic mass is 10.6. The van der Waals surface area contributed by atoms with Gasteiger partial charge in [0.05, 0.1) is 0 Å². The SMILES string of the molecule is N#Cc1[c]n[c][nH]1. The Labute approximate surface area is 40.6 Å². The lowest BCUT2D eigenvalue weighted by Crippen LogP contribution is -1.65. The number of aromatic amines is 1. The number of aromatic nitrogens is 2. The van der Waals surface area contributed by atoms with E-state index >= 15 is 0 Å². The first-order valence-corrected chi connectivity index (χ1v) is 1.67. The molecule has 1 aromatic heterocycles. The van der Waals surface area contributed by atoms with Crippen LogP contribution in [0.2, 0.25) is 0 Å². The maximum absolute atomic E-state index is 8.05. The molecule has 0 saturated carbocycles. The minimum atomic E-state index is 0.319. The third kappa shape index (κ3) is 0.578. The van der Waals surface area contributed by atoms with Crippen LogP contribution in [0.1, 0.15) is 5.69 Å². The number of hydrogen-bond acceptors (Lipinski definition) is 2. The summed E-state index contributed by atoms with van der Waals surface area (Å²) in [7, 11) is 0. The topological polar surface area (TPSA) is 52.5 Å². The summed E-state index contributed by atoms with van der Waals surface area (Å²) in [5, 5.41) is 8.05. The minimum absolute atomic E-state index is 0.319. The van der Waals surface area contributed by atoms with Gasteiger partial charge in [-0.2, -0.15) is 5.26 Å². The zero-order chi connectivity index (χ0) is 5.11. The minimum Gasteiger partial charge on any atom is -0.327 e. The Morgan fingerprint density at radius 2 is 2.71 bits per heavy atom. The van der Waals surface area contributed by atoms with Crippen LogP contribution in [0, 0.1) is 23.9 Å². The number of rotatable bonds is 0. The first-order chi connectivity index (χ1) is 3.43. The van der Waals surface area contributed by atoms with Crippen LogP contribution in [0.25, 0.3) is 0 Å². The molecule has 3 heteroatoms. The molecule has 0 aliphatic carbocycles. The van der Waals surface area contributed by atoms with Crippen molar-refractivity contribution in [2.24, 2.45) is 0 Å². The summed E-state index contributed by atoms with van der Waals surface area (Å²) in [5.41, 5.74) is 0.319. The van der Waals surface area contributed by atoms with Crippen LogP contribution in [0.5, 0.6) is 0 Å². The van der Waals surface area contributed by atoms with Gasteiger partial charge in [-0.15, -0.1) is 0 Å². The van der Waals surface area contributed by atoms with Gasteiger partial charge in [-0.05, 0) is 0 Å². The molecule has 0 aliphatic heterocycles. The third-order valence-electron chi connectivity index (χ3n) is 0.516. The Bertz CT molecular complexity index is 169. The van der Waals surface area contributed by atoms with Gasteiger partial charge in [-0.1, -0.05) is 0 Å². The van der Waals surface area contributed by atoms with Gasteiger partial charge in [-0.25, -0.2) is 4.98 Å². The molecule has 0 aliphatic rings. The molecule has 0 fully saturated rings. The summed E-state index contributed by atoms with van der Waals surface area (Å²) < 4.78 is 0. The average molecular weight is 91.1 g/mol. The summed E-state index contributed by atoms with van der Waals surface area (Å²) in [5.74, 6) is 0. The maximum atomic E-state index is 8.05. The molecule has 1 N–H and O–H groups in total. The fourth-order valence-corrected chi connectivity index (χ4v) is 0.249. The molecule has 0 unspecified atom stereocenters. The molecule has 7 heavy (non-hydrogen) atoms. The monoisotopic (exact) mass is 91.0 g/mol. The van der Waals surface area contributed by atoms with Crippen LogP contribution in [-0.2, 0) is 0 Å². The second kappa shape index (κ2) is 1.43. The number of nitrogens with one attached hydrogen (secondary N) is 1. The zero-order valence-electron chi connectivity index (χ0n) is 3.39. The second-order valence-electron chi connectivity index (χ2n) is 0.947. The van der Waals surface area contributed by atoms with Gasteiger partial charge in [0.2, 0.25) is 0 Å². The van der Waals surface area contributed by atoms with Crippen LogP contribution in [0.3, 0.4) is 0 Å². The molecule has 0 amide bonds. The summed E-state index contributed by atoms with van der Waals surface area (Å²) in [4.78, 5) is 5.80. The van der Waals surface area contributed by atoms with Crippen molar-refractivity contribution in [3.8, 4) is 6.07 Å². The van der Waals surface area contributed by atoms with Crippen LogP contribution in [-0.4, -0.2) is 9.97 Å². The van der Waals surface area contributed by atoms with Crippen molar-refractivity contribution >= 4 is 0 Å². The molecule has 2 radical (unpaired) electrons. The molecule has 3 nitrogen and oxygen atoms in total. The number of H-pyrrole nitrogens is 1. The molecule has 1 aromatic rings. The van der Waals surface area contributed by atoms with E-state index in [1.54, 1.807) is 6.07 Å². The molecule has 0 bridgehead atoms. The Morgan fingerprint density at radius 1 is 1.86 bits per heavy atom. The van der Waals surface area contributed by atoms with Gasteiger partial charge in [-0.3, -0.25) is 0 Å². The maximum Gasteiger partial charge on any atom is 0.175 e. The van der Waals surface area contributed by atoms with Crippen LogP contribution < -0.4 is 0 Å². The van der Waals surface area contributed by atoms with Crippen molar-refractivity contribution in [2.45, 2.75) is 0 Å². The first kappa shape index (κ1) is 3.88. The van der Waals surface area contributed by atoms with E-state index in [-0.39, 0.29) is 0 Å². The first-order valence-electron chi connectivity index (χ1n) is 1.67. The van der Waals surface area contributed by atoms with E-state index in [2.05, 4.69) is 22.5 Å². The smallest absolute Gasteiger partial charge is 0.175 e. The standard InChI is InChI=1S/C4HN3/c5-1-4-2-6-3-7-4/h(H,6,7). The Kier molecular flexibility index (Phi) is 0.794. The highest BCUT2D eigenvalue weighted by atomic mass is 14.9. The number of nitriles is 1. The number of hydrogen-bond donors (Lipinski definition) is 1. The van der Waals surface area contributed by atoms with Crippen molar-refractivity contribution in [2.75, 3.05) is 0 Å². The van der Waals surface area contributed by atoms with E-state index < -0.39 is 0 Å². The predicted molar refractivity (Wildman–Crippen MR) is 21.0 cm³/mol. The number of nitrogens with zero attached hydrogens (tertiary/aromatic N) is 2. The second-order valence-corrected chi connectivity index (χ2v) is 0.947. The lowest BCUT2D eigenvalue weighted by Gasteiger charge is -1.62. The highest BCUT2D eigenvalue weighted by Crippen LogP contribution is 1.80. The van der Waals surface area contributed by atoms with Crippen LogP contribution in [0.15, 0.2) is 0 Å². The number of imidazole rings is 1. The molecule has 0 spiro atoms. The van der Waals surface area contributed by atoms with E-state index in [1.165, 1.54) is 0 Å². The van der Waals surface area contributed by atoms with Gasteiger partial charge < -0.3 is 4.98 Å². The fraction of sp³-hybridized carbons (Fsp3) is 0. The molecule has 1 heterocycles. The summed E-state index contributed by atoms with van der Waals surface area (Å²) in [6, 6.07) is 1.80. The summed E-state index contributed by atoms with van der Waals surface area (Å²) >= 11 is 0. The van der Waals surface area contributed by atoms with Crippen molar-refractivity contribution in [3.05, 3.63) is 18.2 Å².